The van der Waals surface area contributed by atoms with Crippen molar-refractivity contribution in [3.63, 3.8) is 0 Å². The number of hydrogen-bond acceptors (Lipinski definition) is 2. The van der Waals surface area contributed by atoms with Crippen molar-refractivity contribution >= 4 is 0 Å². The Hall–Kier alpha value is -0.500. The number of hydroxylamine groups is 2. The normalized spacial score (nSPS) is 26.5. The monoisotopic (exact) mass is 141 g/mol. The molecule has 58 valence electrons. The lowest BCUT2D eigenvalue weighted by Gasteiger charge is -2.26. The third-order valence-corrected chi connectivity index (χ3v) is 2.10. The van der Waals surface area contributed by atoms with Gasteiger partial charge in [-0.05, 0) is 26.2 Å². The molecule has 1 N–H and O–H groups in total. The van der Waals surface area contributed by atoms with Gasteiger partial charge in [0.25, 0.3) is 0 Å². The van der Waals surface area contributed by atoms with Gasteiger partial charge in [-0.3, -0.25) is 10.3 Å². The molecule has 0 radical (unpaired) electrons. The van der Waals surface area contributed by atoms with Gasteiger partial charge in [0.1, 0.15) is 0 Å². The van der Waals surface area contributed by atoms with Gasteiger partial charge in [-0.15, -0.1) is 0 Å². The van der Waals surface area contributed by atoms with Crippen LogP contribution < -0.4 is 0 Å². The fourth-order valence-electron chi connectivity index (χ4n) is 1.17. The van der Waals surface area contributed by atoms with Crippen LogP contribution in [0.4, 0.5) is 0 Å². The van der Waals surface area contributed by atoms with Crippen molar-refractivity contribution in [1.82, 2.24) is 5.06 Å². The van der Waals surface area contributed by atoms with Crippen molar-refractivity contribution in [2.24, 2.45) is 0 Å². The number of hydrogen-bond donors (Lipinski definition) is 1. The lowest BCUT2D eigenvalue weighted by Crippen LogP contribution is -2.28. The summed E-state index contributed by atoms with van der Waals surface area (Å²) < 4.78 is 0. The molecule has 1 heterocycles. The first-order valence-corrected chi connectivity index (χ1v) is 3.90. The molecular weight excluding hydrogens is 126 g/mol. The summed E-state index contributed by atoms with van der Waals surface area (Å²) in [6, 6.07) is 0.301. The van der Waals surface area contributed by atoms with Crippen LogP contribution in [0.15, 0.2) is 11.8 Å². The Morgan fingerprint density at radius 1 is 1.80 bits per heavy atom. The highest BCUT2D eigenvalue weighted by atomic mass is 16.5. The van der Waals surface area contributed by atoms with E-state index in [2.05, 4.69) is 6.92 Å². The van der Waals surface area contributed by atoms with Crippen molar-refractivity contribution in [2.75, 3.05) is 0 Å². The van der Waals surface area contributed by atoms with Crippen LogP contribution in [-0.4, -0.2) is 16.3 Å². The Bertz CT molecular complexity index is 142. The summed E-state index contributed by atoms with van der Waals surface area (Å²) in [6.45, 7) is 4.15. The highest BCUT2D eigenvalue weighted by molar-refractivity contribution is 5.03. The Balaban J connectivity index is 2.56. The molecule has 1 rings (SSSR count). The molecule has 1 unspecified atom stereocenters. The predicted molar refractivity (Wildman–Crippen MR) is 40.7 cm³/mol. The largest absolute Gasteiger partial charge is 0.289 e. The molecule has 0 aromatic carbocycles. The molecule has 0 bridgehead atoms. The van der Waals surface area contributed by atoms with E-state index in [0.29, 0.717) is 6.04 Å². The van der Waals surface area contributed by atoms with Crippen molar-refractivity contribution in [3.05, 3.63) is 11.8 Å². The van der Waals surface area contributed by atoms with E-state index in [1.807, 2.05) is 13.1 Å². The number of rotatable bonds is 1. The molecule has 0 aliphatic carbocycles. The zero-order chi connectivity index (χ0) is 7.56. The molecule has 2 heteroatoms. The summed E-state index contributed by atoms with van der Waals surface area (Å²) in [4.78, 5) is 0. The molecule has 1 aliphatic heterocycles. The Morgan fingerprint density at radius 3 is 3.00 bits per heavy atom. The fraction of sp³-hybridized carbons (Fsp3) is 0.750. The van der Waals surface area contributed by atoms with E-state index in [1.54, 1.807) is 0 Å². The van der Waals surface area contributed by atoms with Crippen molar-refractivity contribution < 1.29 is 5.21 Å². The van der Waals surface area contributed by atoms with Crippen molar-refractivity contribution in [3.8, 4) is 0 Å². The third kappa shape index (κ3) is 1.51. The van der Waals surface area contributed by atoms with Crippen LogP contribution in [-0.2, 0) is 0 Å². The van der Waals surface area contributed by atoms with Gasteiger partial charge in [0.05, 0.1) is 6.04 Å². The molecule has 1 atom stereocenters. The Morgan fingerprint density at radius 2 is 2.50 bits per heavy atom. The number of allylic oxidation sites excluding steroid dienone is 1. The smallest absolute Gasteiger partial charge is 0.0531 e. The topological polar surface area (TPSA) is 23.5 Å². The summed E-state index contributed by atoms with van der Waals surface area (Å²) in [5.41, 5.74) is 1.35. The second-order valence-corrected chi connectivity index (χ2v) is 2.91. The summed E-state index contributed by atoms with van der Waals surface area (Å²) in [6.07, 6.45) is 5.14. The molecule has 1 aliphatic rings. The standard InChI is InChI=1S/C8H15NO/c1-3-8-5-4-7(2)9(10)6-8/h6-7,10H,3-5H2,1-2H3. The minimum Gasteiger partial charge on any atom is -0.289 e. The first-order valence-electron chi connectivity index (χ1n) is 3.90. The van der Waals surface area contributed by atoms with Crippen LogP contribution in [0, 0.1) is 0 Å². The van der Waals surface area contributed by atoms with E-state index in [9.17, 15) is 5.21 Å². The average molecular weight is 141 g/mol. The van der Waals surface area contributed by atoms with Crippen LogP contribution in [0.25, 0.3) is 0 Å². The molecule has 0 aromatic heterocycles. The first-order chi connectivity index (χ1) is 4.74. The molecule has 0 spiro atoms. The van der Waals surface area contributed by atoms with Crippen molar-refractivity contribution in [1.29, 1.82) is 0 Å². The maximum Gasteiger partial charge on any atom is 0.0531 e. The third-order valence-electron chi connectivity index (χ3n) is 2.10. The van der Waals surface area contributed by atoms with Gasteiger partial charge in [0, 0.05) is 6.20 Å². The van der Waals surface area contributed by atoms with E-state index >= 15 is 0 Å². The average Bonchev–Trinajstić information content (AvgIpc) is 1.95. The highest BCUT2D eigenvalue weighted by Crippen LogP contribution is 2.20. The molecule has 0 amide bonds. The first kappa shape index (κ1) is 7.61. The minimum atomic E-state index is 0.301. The number of nitrogens with zero attached hydrogens (tertiary/aromatic N) is 1. The molecular formula is C8H15NO. The molecule has 2 nitrogen and oxygen atoms in total. The molecule has 10 heavy (non-hydrogen) atoms. The van der Waals surface area contributed by atoms with Gasteiger partial charge in [0.2, 0.25) is 0 Å². The molecule has 0 saturated heterocycles. The summed E-state index contributed by atoms with van der Waals surface area (Å²) >= 11 is 0. The van der Waals surface area contributed by atoms with E-state index < -0.39 is 0 Å². The van der Waals surface area contributed by atoms with Crippen LogP contribution in [0.5, 0.6) is 0 Å². The summed E-state index contributed by atoms with van der Waals surface area (Å²) in [5, 5.41) is 10.6. The molecule has 0 fully saturated rings. The predicted octanol–water partition coefficient (Wildman–Crippen LogP) is 2.15. The summed E-state index contributed by atoms with van der Waals surface area (Å²) in [7, 11) is 0. The fourth-order valence-corrected chi connectivity index (χ4v) is 1.17. The zero-order valence-corrected chi connectivity index (χ0v) is 6.67. The summed E-state index contributed by atoms with van der Waals surface area (Å²) in [5.74, 6) is 0. The second-order valence-electron chi connectivity index (χ2n) is 2.91. The van der Waals surface area contributed by atoms with Gasteiger partial charge in [-0.1, -0.05) is 12.5 Å². The van der Waals surface area contributed by atoms with Gasteiger partial charge in [-0.2, -0.15) is 0 Å². The van der Waals surface area contributed by atoms with Gasteiger partial charge in [-0.25, -0.2) is 0 Å². The Kier molecular flexibility index (Phi) is 2.33. The van der Waals surface area contributed by atoms with Crippen LogP contribution in [0.3, 0.4) is 0 Å². The SMILES string of the molecule is CCC1=CN(O)C(C)CC1. The highest BCUT2D eigenvalue weighted by Gasteiger charge is 2.13. The van der Waals surface area contributed by atoms with Gasteiger partial charge in [0.15, 0.2) is 0 Å². The molecule has 0 aromatic rings. The minimum absolute atomic E-state index is 0.301. The lowest BCUT2D eigenvalue weighted by molar-refractivity contribution is -0.0815. The van der Waals surface area contributed by atoms with E-state index in [0.717, 1.165) is 19.3 Å². The quantitative estimate of drug-likeness (QED) is 0.604. The lowest BCUT2D eigenvalue weighted by atomic mass is 10.0. The van der Waals surface area contributed by atoms with Crippen LogP contribution in [0.2, 0.25) is 0 Å². The van der Waals surface area contributed by atoms with Gasteiger partial charge < -0.3 is 0 Å². The van der Waals surface area contributed by atoms with Crippen molar-refractivity contribution in [2.45, 2.75) is 39.2 Å². The zero-order valence-electron chi connectivity index (χ0n) is 6.67. The maximum atomic E-state index is 9.24. The Labute approximate surface area is 62.1 Å². The van der Waals surface area contributed by atoms with E-state index in [4.69, 9.17) is 0 Å². The van der Waals surface area contributed by atoms with Crippen LogP contribution in [0.1, 0.15) is 33.1 Å². The molecule has 0 saturated carbocycles. The second kappa shape index (κ2) is 3.06. The van der Waals surface area contributed by atoms with Gasteiger partial charge >= 0.3 is 0 Å². The van der Waals surface area contributed by atoms with E-state index in [1.165, 1.54) is 10.6 Å². The van der Waals surface area contributed by atoms with Crippen LogP contribution >= 0.6 is 0 Å². The van der Waals surface area contributed by atoms with E-state index in [-0.39, 0.29) is 0 Å². The maximum absolute atomic E-state index is 9.24.